The standard InChI is InChI=1S/C22H32N2O3S/c1-15-3-4-20(7-16(15)2)28(26,27)24-6-5-21(25)23-14-22-11-17-8-18(12-22)10-19(9-17)13-22/h3-4,7,17-19,24H,5-6,8-14H2,1-2H3,(H,23,25). The Morgan fingerprint density at radius 1 is 1.04 bits per heavy atom. The Kier molecular flexibility index (Phi) is 5.29. The van der Waals surface area contributed by atoms with Gasteiger partial charge < -0.3 is 5.32 Å². The Morgan fingerprint density at radius 2 is 1.64 bits per heavy atom. The second-order valence-corrected chi connectivity index (χ2v) is 11.4. The minimum atomic E-state index is -3.58. The number of amides is 1. The van der Waals surface area contributed by atoms with Gasteiger partial charge in [-0.05, 0) is 98.8 Å². The fourth-order valence-corrected chi connectivity index (χ4v) is 7.26. The molecular weight excluding hydrogens is 372 g/mol. The number of benzene rings is 1. The Hall–Kier alpha value is -1.40. The summed E-state index contributed by atoms with van der Waals surface area (Å²) in [5.74, 6) is 2.55. The van der Waals surface area contributed by atoms with Crippen LogP contribution >= 0.6 is 0 Å². The first-order valence-electron chi connectivity index (χ1n) is 10.6. The van der Waals surface area contributed by atoms with Crippen molar-refractivity contribution in [3.05, 3.63) is 29.3 Å². The van der Waals surface area contributed by atoms with E-state index in [0.29, 0.717) is 5.41 Å². The van der Waals surface area contributed by atoms with Crippen LogP contribution in [-0.2, 0) is 14.8 Å². The second kappa shape index (κ2) is 7.45. The average molecular weight is 405 g/mol. The quantitative estimate of drug-likeness (QED) is 0.732. The summed E-state index contributed by atoms with van der Waals surface area (Å²) in [4.78, 5) is 12.6. The van der Waals surface area contributed by atoms with E-state index in [0.717, 1.165) is 35.4 Å². The number of aryl methyl sites for hydroxylation is 2. The molecule has 0 aliphatic heterocycles. The van der Waals surface area contributed by atoms with E-state index in [1.54, 1.807) is 12.1 Å². The third-order valence-electron chi connectivity index (χ3n) is 7.26. The van der Waals surface area contributed by atoms with Crippen LogP contribution in [0.4, 0.5) is 0 Å². The van der Waals surface area contributed by atoms with Crippen molar-refractivity contribution in [2.45, 2.75) is 63.7 Å². The van der Waals surface area contributed by atoms with Crippen LogP contribution in [0.2, 0.25) is 0 Å². The topological polar surface area (TPSA) is 75.3 Å². The molecule has 5 nitrogen and oxygen atoms in total. The summed E-state index contributed by atoms with van der Waals surface area (Å²) in [6, 6.07) is 5.09. The molecule has 4 aliphatic rings. The summed E-state index contributed by atoms with van der Waals surface area (Å²) in [7, 11) is -3.58. The highest BCUT2D eigenvalue weighted by molar-refractivity contribution is 7.89. The van der Waals surface area contributed by atoms with Gasteiger partial charge in [-0.3, -0.25) is 4.79 Å². The summed E-state index contributed by atoms with van der Waals surface area (Å²) < 4.78 is 27.4. The lowest BCUT2D eigenvalue weighted by atomic mass is 9.49. The third-order valence-corrected chi connectivity index (χ3v) is 8.72. The lowest BCUT2D eigenvalue weighted by Crippen LogP contribution is -2.51. The van der Waals surface area contributed by atoms with Crippen LogP contribution in [0.5, 0.6) is 0 Å². The van der Waals surface area contributed by atoms with E-state index in [4.69, 9.17) is 0 Å². The first-order chi connectivity index (χ1) is 13.2. The molecule has 5 rings (SSSR count). The molecule has 0 atom stereocenters. The van der Waals surface area contributed by atoms with Gasteiger partial charge in [-0.25, -0.2) is 13.1 Å². The number of carbonyl (C=O) groups excluding carboxylic acids is 1. The summed E-state index contributed by atoms with van der Waals surface area (Å²) in [6.45, 7) is 4.74. The third kappa shape index (κ3) is 4.13. The lowest BCUT2D eigenvalue weighted by molar-refractivity contribution is -0.123. The van der Waals surface area contributed by atoms with Gasteiger partial charge in [0.1, 0.15) is 0 Å². The summed E-state index contributed by atoms with van der Waals surface area (Å²) in [5.41, 5.74) is 2.31. The van der Waals surface area contributed by atoms with Crippen molar-refractivity contribution >= 4 is 15.9 Å². The summed E-state index contributed by atoms with van der Waals surface area (Å²) in [6.07, 6.45) is 8.15. The monoisotopic (exact) mass is 404 g/mol. The largest absolute Gasteiger partial charge is 0.356 e. The molecule has 0 radical (unpaired) electrons. The van der Waals surface area contributed by atoms with E-state index in [1.165, 1.54) is 38.5 Å². The molecule has 2 N–H and O–H groups in total. The van der Waals surface area contributed by atoms with Gasteiger partial charge in [0.15, 0.2) is 0 Å². The summed E-state index contributed by atoms with van der Waals surface area (Å²) >= 11 is 0. The Labute approximate surface area is 168 Å². The second-order valence-electron chi connectivity index (χ2n) is 9.59. The van der Waals surface area contributed by atoms with Gasteiger partial charge in [0, 0.05) is 19.5 Å². The molecule has 4 fully saturated rings. The maximum atomic E-state index is 12.4. The van der Waals surface area contributed by atoms with E-state index >= 15 is 0 Å². The van der Waals surface area contributed by atoms with Crippen molar-refractivity contribution in [1.82, 2.24) is 10.0 Å². The van der Waals surface area contributed by atoms with Gasteiger partial charge in [-0.2, -0.15) is 0 Å². The van der Waals surface area contributed by atoms with Gasteiger partial charge in [0.25, 0.3) is 0 Å². The molecule has 0 aromatic heterocycles. The highest BCUT2D eigenvalue weighted by Crippen LogP contribution is 2.59. The van der Waals surface area contributed by atoms with Gasteiger partial charge in [-0.1, -0.05) is 6.07 Å². The zero-order chi connectivity index (χ0) is 19.9. The SMILES string of the molecule is Cc1ccc(S(=O)(=O)NCCC(=O)NCC23CC4CC(CC(C4)C2)C3)cc1C. The van der Waals surface area contributed by atoms with Crippen molar-refractivity contribution < 1.29 is 13.2 Å². The molecule has 4 aliphatic carbocycles. The predicted octanol–water partition coefficient (Wildman–Crippen LogP) is 3.30. The fraction of sp³-hybridized carbons (Fsp3) is 0.682. The minimum absolute atomic E-state index is 0.0569. The Balaban J connectivity index is 1.25. The maximum Gasteiger partial charge on any atom is 0.240 e. The van der Waals surface area contributed by atoms with Crippen LogP contribution in [0.15, 0.2) is 23.1 Å². The van der Waals surface area contributed by atoms with Crippen LogP contribution in [0.25, 0.3) is 0 Å². The number of nitrogens with one attached hydrogen (secondary N) is 2. The molecular formula is C22H32N2O3S. The van der Waals surface area contributed by atoms with E-state index in [1.807, 2.05) is 19.9 Å². The molecule has 1 amide bonds. The molecule has 0 saturated heterocycles. The van der Waals surface area contributed by atoms with Gasteiger partial charge in [0.05, 0.1) is 4.90 Å². The molecule has 0 spiro atoms. The average Bonchev–Trinajstić information content (AvgIpc) is 2.61. The van der Waals surface area contributed by atoms with E-state index in [2.05, 4.69) is 10.0 Å². The van der Waals surface area contributed by atoms with Crippen molar-refractivity contribution in [3.63, 3.8) is 0 Å². The molecule has 1 aromatic rings. The first-order valence-corrected chi connectivity index (χ1v) is 12.1. The minimum Gasteiger partial charge on any atom is -0.356 e. The van der Waals surface area contributed by atoms with Crippen molar-refractivity contribution in [2.24, 2.45) is 23.2 Å². The van der Waals surface area contributed by atoms with Gasteiger partial charge in [-0.15, -0.1) is 0 Å². The molecule has 6 heteroatoms. The smallest absolute Gasteiger partial charge is 0.240 e. The molecule has 4 bridgehead atoms. The van der Waals surface area contributed by atoms with Crippen LogP contribution in [0.3, 0.4) is 0 Å². The lowest BCUT2D eigenvalue weighted by Gasteiger charge is -2.56. The summed E-state index contributed by atoms with van der Waals surface area (Å²) in [5, 5.41) is 3.11. The number of hydrogen-bond donors (Lipinski definition) is 2. The molecule has 4 saturated carbocycles. The molecule has 1 aromatic carbocycles. The molecule has 28 heavy (non-hydrogen) atoms. The fourth-order valence-electron chi connectivity index (χ4n) is 6.14. The van der Waals surface area contributed by atoms with Gasteiger partial charge in [0.2, 0.25) is 15.9 Å². The normalized spacial score (nSPS) is 31.1. The van der Waals surface area contributed by atoms with Crippen LogP contribution in [0, 0.1) is 37.0 Å². The van der Waals surface area contributed by atoms with Crippen LogP contribution in [0.1, 0.15) is 56.1 Å². The highest BCUT2D eigenvalue weighted by atomic mass is 32.2. The maximum absolute atomic E-state index is 12.4. The van der Waals surface area contributed by atoms with Crippen LogP contribution in [-0.4, -0.2) is 27.4 Å². The van der Waals surface area contributed by atoms with E-state index in [-0.39, 0.29) is 23.8 Å². The molecule has 0 heterocycles. The Bertz CT molecular complexity index is 827. The predicted molar refractivity (Wildman–Crippen MR) is 109 cm³/mol. The van der Waals surface area contributed by atoms with E-state index in [9.17, 15) is 13.2 Å². The number of hydrogen-bond acceptors (Lipinski definition) is 3. The zero-order valence-corrected chi connectivity index (χ0v) is 17.8. The highest BCUT2D eigenvalue weighted by Gasteiger charge is 2.50. The number of sulfonamides is 1. The van der Waals surface area contributed by atoms with E-state index < -0.39 is 10.0 Å². The van der Waals surface area contributed by atoms with Crippen LogP contribution < -0.4 is 10.0 Å². The number of carbonyl (C=O) groups is 1. The van der Waals surface area contributed by atoms with Crippen molar-refractivity contribution in [3.8, 4) is 0 Å². The zero-order valence-electron chi connectivity index (χ0n) is 17.0. The van der Waals surface area contributed by atoms with Crippen molar-refractivity contribution in [1.29, 1.82) is 0 Å². The number of rotatable bonds is 7. The van der Waals surface area contributed by atoms with Gasteiger partial charge >= 0.3 is 0 Å². The Morgan fingerprint density at radius 3 is 2.21 bits per heavy atom. The molecule has 154 valence electrons. The van der Waals surface area contributed by atoms with Crippen molar-refractivity contribution in [2.75, 3.05) is 13.1 Å². The molecule has 0 unspecified atom stereocenters. The first kappa shape index (κ1) is 19.9.